The second-order valence-corrected chi connectivity index (χ2v) is 6.18. The molecule has 1 aromatic carbocycles. The first-order valence-corrected chi connectivity index (χ1v) is 8.33. The summed E-state index contributed by atoms with van der Waals surface area (Å²) in [7, 11) is 0. The third kappa shape index (κ3) is 3.78. The van der Waals surface area contributed by atoms with Gasteiger partial charge in [-0.1, -0.05) is 29.5 Å². The summed E-state index contributed by atoms with van der Waals surface area (Å²) in [6.07, 6.45) is 0. The van der Waals surface area contributed by atoms with Crippen LogP contribution in [0.25, 0.3) is 0 Å². The number of aryl methyl sites for hydroxylation is 1. The zero-order valence-electron chi connectivity index (χ0n) is 11.5. The van der Waals surface area contributed by atoms with Gasteiger partial charge < -0.3 is 4.57 Å². The normalized spacial score (nSPS) is 10.4. The van der Waals surface area contributed by atoms with Crippen molar-refractivity contribution < 1.29 is 0 Å². The van der Waals surface area contributed by atoms with E-state index in [1.54, 1.807) is 11.8 Å². The number of nitrogens with zero attached hydrogens (tertiary/aromatic N) is 4. The number of nitriles is 1. The molecule has 0 bridgehead atoms. The Morgan fingerprint density at radius 3 is 2.60 bits per heavy atom. The van der Waals surface area contributed by atoms with E-state index in [1.165, 1.54) is 22.2 Å². The number of hydrogen-bond donors (Lipinski definition) is 0. The summed E-state index contributed by atoms with van der Waals surface area (Å²) < 4.78 is 2.07. The van der Waals surface area contributed by atoms with E-state index in [4.69, 9.17) is 5.26 Å². The largest absolute Gasteiger partial charge is 0.306 e. The van der Waals surface area contributed by atoms with Gasteiger partial charge in [-0.15, -0.1) is 22.0 Å². The molecule has 0 aliphatic carbocycles. The summed E-state index contributed by atoms with van der Waals surface area (Å²) in [5, 5.41) is 17.9. The lowest BCUT2D eigenvalue weighted by atomic mass is 10.2. The van der Waals surface area contributed by atoms with Crippen LogP contribution in [0.3, 0.4) is 0 Å². The van der Waals surface area contributed by atoms with Crippen molar-refractivity contribution in [1.29, 1.82) is 5.26 Å². The standard InChI is InChI=1S/C14H16N4S2/c1-3-18-13(16-17-14(18)19-9-8-15)10-20-12-6-4-11(2)5-7-12/h4-7H,3,9-10H2,1-2H3. The van der Waals surface area contributed by atoms with Crippen LogP contribution in [0.15, 0.2) is 34.3 Å². The Morgan fingerprint density at radius 2 is 1.95 bits per heavy atom. The van der Waals surface area contributed by atoms with E-state index in [0.717, 1.165) is 23.3 Å². The van der Waals surface area contributed by atoms with Gasteiger partial charge in [-0.2, -0.15) is 5.26 Å². The maximum Gasteiger partial charge on any atom is 0.192 e. The third-order valence-corrected chi connectivity index (χ3v) is 4.61. The molecule has 0 N–H and O–H groups in total. The molecule has 0 aliphatic heterocycles. The molecule has 0 saturated heterocycles. The molecule has 20 heavy (non-hydrogen) atoms. The Balaban J connectivity index is 2.04. The smallest absolute Gasteiger partial charge is 0.192 e. The van der Waals surface area contributed by atoms with Gasteiger partial charge >= 0.3 is 0 Å². The third-order valence-electron chi connectivity index (χ3n) is 2.76. The minimum Gasteiger partial charge on any atom is -0.306 e. The number of thioether (sulfide) groups is 2. The SMILES string of the molecule is CCn1c(CSc2ccc(C)cc2)nnc1SCC#N. The first-order chi connectivity index (χ1) is 9.74. The van der Waals surface area contributed by atoms with Gasteiger partial charge in [-0.25, -0.2) is 0 Å². The maximum atomic E-state index is 8.64. The molecular formula is C14H16N4S2. The molecule has 0 spiro atoms. The van der Waals surface area contributed by atoms with Crippen molar-refractivity contribution in [3.05, 3.63) is 35.7 Å². The fourth-order valence-electron chi connectivity index (χ4n) is 1.73. The van der Waals surface area contributed by atoms with E-state index in [-0.39, 0.29) is 0 Å². The van der Waals surface area contributed by atoms with Crippen molar-refractivity contribution in [1.82, 2.24) is 14.8 Å². The van der Waals surface area contributed by atoms with E-state index in [9.17, 15) is 0 Å². The highest BCUT2D eigenvalue weighted by Crippen LogP contribution is 2.24. The van der Waals surface area contributed by atoms with Gasteiger partial charge in [0.1, 0.15) is 5.82 Å². The van der Waals surface area contributed by atoms with Crippen LogP contribution >= 0.6 is 23.5 Å². The molecule has 1 heterocycles. The fraction of sp³-hybridized carbons (Fsp3) is 0.357. The van der Waals surface area contributed by atoms with Crippen molar-refractivity contribution >= 4 is 23.5 Å². The molecule has 0 amide bonds. The summed E-state index contributed by atoms with van der Waals surface area (Å²) in [6.45, 7) is 4.98. The summed E-state index contributed by atoms with van der Waals surface area (Å²) in [5.74, 6) is 2.15. The lowest BCUT2D eigenvalue weighted by molar-refractivity contribution is 0.659. The first kappa shape index (κ1) is 14.9. The molecule has 6 heteroatoms. The Hall–Kier alpha value is -1.45. The van der Waals surface area contributed by atoms with E-state index in [1.807, 2.05) is 0 Å². The molecule has 0 radical (unpaired) electrons. The highest BCUT2D eigenvalue weighted by molar-refractivity contribution is 7.99. The van der Waals surface area contributed by atoms with Crippen LogP contribution < -0.4 is 0 Å². The van der Waals surface area contributed by atoms with E-state index >= 15 is 0 Å². The Morgan fingerprint density at radius 1 is 1.20 bits per heavy atom. The molecule has 0 aliphatic rings. The number of rotatable bonds is 6. The number of hydrogen-bond acceptors (Lipinski definition) is 5. The van der Waals surface area contributed by atoms with Gasteiger partial charge in [0.05, 0.1) is 17.6 Å². The van der Waals surface area contributed by atoms with Crippen LogP contribution in [0.2, 0.25) is 0 Å². The zero-order chi connectivity index (χ0) is 14.4. The summed E-state index contributed by atoms with van der Waals surface area (Å²) in [4.78, 5) is 1.23. The van der Waals surface area contributed by atoms with Crippen molar-refractivity contribution in [2.75, 3.05) is 5.75 Å². The Bertz CT molecular complexity index is 599. The minimum absolute atomic E-state index is 0.406. The second-order valence-electron chi connectivity index (χ2n) is 4.19. The lowest BCUT2D eigenvalue weighted by Crippen LogP contribution is -2.02. The molecule has 2 aromatic rings. The average Bonchev–Trinajstić information content (AvgIpc) is 2.86. The van der Waals surface area contributed by atoms with Gasteiger partial charge in [-0.05, 0) is 26.0 Å². The van der Waals surface area contributed by atoms with Gasteiger partial charge in [0.15, 0.2) is 5.16 Å². The molecule has 2 rings (SSSR count). The highest BCUT2D eigenvalue weighted by atomic mass is 32.2. The number of aromatic nitrogens is 3. The van der Waals surface area contributed by atoms with Crippen LogP contribution in [0, 0.1) is 18.3 Å². The molecule has 0 atom stereocenters. The molecule has 4 nitrogen and oxygen atoms in total. The first-order valence-electron chi connectivity index (χ1n) is 6.36. The van der Waals surface area contributed by atoms with Gasteiger partial charge in [0, 0.05) is 11.4 Å². The van der Waals surface area contributed by atoms with Crippen LogP contribution in [0.4, 0.5) is 0 Å². The summed E-state index contributed by atoms with van der Waals surface area (Å²) in [6, 6.07) is 10.6. The van der Waals surface area contributed by atoms with E-state index in [2.05, 4.69) is 58.9 Å². The molecule has 1 aromatic heterocycles. The second kappa shape index (κ2) is 7.36. The average molecular weight is 304 g/mol. The van der Waals surface area contributed by atoms with Crippen molar-refractivity contribution in [3.8, 4) is 6.07 Å². The molecule has 0 unspecified atom stereocenters. The Labute approximate surface area is 127 Å². The predicted molar refractivity (Wildman–Crippen MR) is 82.8 cm³/mol. The Kier molecular flexibility index (Phi) is 5.50. The van der Waals surface area contributed by atoms with Crippen LogP contribution in [-0.2, 0) is 12.3 Å². The van der Waals surface area contributed by atoms with E-state index in [0.29, 0.717) is 5.75 Å². The minimum atomic E-state index is 0.406. The zero-order valence-corrected chi connectivity index (χ0v) is 13.2. The summed E-state index contributed by atoms with van der Waals surface area (Å²) in [5.41, 5.74) is 1.27. The highest BCUT2D eigenvalue weighted by Gasteiger charge is 2.11. The maximum absolute atomic E-state index is 8.64. The summed E-state index contributed by atoms with van der Waals surface area (Å²) >= 11 is 3.19. The van der Waals surface area contributed by atoms with Crippen LogP contribution in [0.1, 0.15) is 18.3 Å². The van der Waals surface area contributed by atoms with Gasteiger partial charge in [0.25, 0.3) is 0 Å². The van der Waals surface area contributed by atoms with Gasteiger partial charge in [-0.3, -0.25) is 0 Å². The van der Waals surface area contributed by atoms with Crippen LogP contribution in [-0.4, -0.2) is 20.5 Å². The fourth-order valence-corrected chi connectivity index (χ4v) is 3.25. The lowest BCUT2D eigenvalue weighted by Gasteiger charge is -2.06. The van der Waals surface area contributed by atoms with Gasteiger partial charge in [0.2, 0.25) is 0 Å². The van der Waals surface area contributed by atoms with Crippen molar-refractivity contribution in [3.63, 3.8) is 0 Å². The monoisotopic (exact) mass is 304 g/mol. The molecule has 0 fully saturated rings. The molecule has 0 saturated carbocycles. The van der Waals surface area contributed by atoms with E-state index < -0.39 is 0 Å². The van der Waals surface area contributed by atoms with Crippen molar-refractivity contribution in [2.45, 2.75) is 36.2 Å². The predicted octanol–water partition coefficient (Wildman–Crippen LogP) is 3.51. The quantitative estimate of drug-likeness (QED) is 0.764. The molecule has 104 valence electrons. The number of benzene rings is 1. The topological polar surface area (TPSA) is 54.5 Å². The molecular weight excluding hydrogens is 288 g/mol. The van der Waals surface area contributed by atoms with Crippen molar-refractivity contribution in [2.24, 2.45) is 0 Å². The van der Waals surface area contributed by atoms with Crippen LogP contribution in [0.5, 0.6) is 0 Å².